The third kappa shape index (κ3) is 3.09. The standard InChI is InChI=1S/C13H15BrN4OS/c1-8-15-4-10(20-8)5-16-11-6-17-18(7-9-2-3-9)13(19)12(11)14/h4,6,9,16H,2-3,5,7H2,1H3. The van der Waals surface area contributed by atoms with Crippen molar-refractivity contribution >= 4 is 33.0 Å². The minimum Gasteiger partial charge on any atom is -0.378 e. The summed E-state index contributed by atoms with van der Waals surface area (Å²) in [7, 11) is 0. The number of halogens is 1. The summed E-state index contributed by atoms with van der Waals surface area (Å²) in [6.45, 7) is 3.36. The molecule has 2 aromatic heterocycles. The maximum atomic E-state index is 12.2. The van der Waals surface area contributed by atoms with Gasteiger partial charge in [0.1, 0.15) is 4.47 Å². The summed E-state index contributed by atoms with van der Waals surface area (Å²) in [4.78, 5) is 17.5. The predicted octanol–water partition coefficient (Wildman–Crippen LogP) is 2.79. The smallest absolute Gasteiger partial charge is 0.283 e. The second-order valence-electron chi connectivity index (χ2n) is 5.00. The molecule has 2 aromatic rings. The van der Waals surface area contributed by atoms with Crippen LogP contribution in [0.1, 0.15) is 22.7 Å². The van der Waals surface area contributed by atoms with Crippen molar-refractivity contribution < 1.29 is 0 Å². The number of anilines is 1. The fraction of sp³-hybridized carbons (Fsp3) is 0.462. The average molecular weight is 355 g/mol. The van der Waals surface area contributed by atoms with E-state index in [1.54, 1.807) is 22.2 Å². The third-order valence-electron chi connectivity index (χ3n) is 3.24. The van der Waals surface area contributed by atoms with Crippen LogP contribution in [-0.2, 0) is 13.1 Å². The molecule has 1 saturated carbocycles. The van der Waals surface area contributed by atoms with E-state index in [1.165, 1.54) is 12.8 Å². The first kappa shape index (κ1) is 13.8. The highest BCUT2D eigenvalue weighted by molar-refractivity contribution is 9.10. The molecule has 0 amide bonds. The van der Waals surface area contributed by atoms with Crippen molar-refractivity contribution in [2.45, 2.75) is 32.9 Å². The predicted molar refractivity (Wildman–Crippen MR) is 83.1 cm³/mol. The van der Waals surface area contributed by atoms with Crippen molar-refractivity contribution in [2.24, 2.45) is 5.92 Å². The van der Waals surface area contributed by atoms with Crippen LogP contribution in [-0.4, -0.2) is 14.8 Å². The summed E-state index contributed by atoms with van der Waals surface area (Å²) in [5, 5.41) is 8.50. The molecule has 0 radical (unpaired) electrons. The van der Waals surface area contributed by atoms with Crippen LogP contribution in [0.2, 0.25) is 0 Å². The summed E-state index contributed by atoms with van der Waals surface area (Å²) < 4.78 is 2.10. The van der Waals surface area contributed by atoms with Crippen LogP contribution in [0, 0.1) is 12.8 Å². The van der Waals surface area contributed by atoms with Crippen molar-refractivity contribution in [2.75, 3.05) is 5.32 Å². The molecular weight excluding hydrogens is 340 g/mol. The quantitative estimate of drug-likeness (QED) is 0.896. The Morgan fingerprint density at radius 3 is 2.95 bits per heavy atom. The molecule has 1 aliphatic rings. The minimum atomic E-state index is -0.0672. The molecule has 0 unspecified atom stereocenters. The molecule has 20 heavy (non-hydrogen) atoms. The molecule has 3 rings (SSSR count). The normalized spacial score (nSPS) is 14.5. The summed E-state index contributed by atoms with van der Waals surface area (Å²) in [6, 6.07) is 0. The van der Waals surface area contributed by atoms with Gasteiger partial charge in [-0.05, 0) is 41.6 Å². The van der Waals surface area contributed by atoms with Crippen LogP contribution in [0.5, 0.6) is 0 Å². The summed E-state index contributed by atoms with van der Waals surface area (Å²) in [5.74, 6) is 0.631. The molecule has 0 atom stereocenters. The van der Waals surface area contributed by atoms with Crippen LogP contribution in [0.3, 0.4) is 0 Å². The highest BCUT2D eigenvalue weighted by Gasteiger charge is 2.23. The SMILES string of the molecule is Cc1ncc(CNc2cnn(CC3CC3)c(=O)c2Br)s1. The Morgan fingerprint density at radius 2 is 2.30 bits per heavy atom. The van der Waals surface area contributed by atoms with Gasteiger partial charge in [-0.2, -0.15) is 5.10 Å². The molecule has 0 saturated heterocycles. The summed E-state index contributed by atoms with van der Waals surface area (Å²) in [6.07, 6.45) is 5.97. The molecule has 0 aromatic carbocycles. The van der Waals surface area contributed by atoms with Gasteiger partial charge in [0.15, 0.2) is 0 Å². The minimum absolute atomic E-state index is 0.0672. The van der Waals surface area contributed by atoms with Crippen LogP contribution < -0.4 is 10.9 Å². The Bertz CT molecular complexity index is 677. The fourth-order valence-electron chi connectivity index (χ4n) is 1.93. The van der Waals surface area contributed by atoms with E-state index in [9.17, 15) is 4.79 Å². The van der Waals surface area contributed by atoms with E-state index in [2.05, 4.69) is 31.3 Å². The molecule has 2 heterocycles. The van der Waals surface area contributed by atoms with Crippen LogP contribution in [0.15, 0.2) is 21.7 Å². The van der Waals surface area contributed by atoms with Crippen molar-refractivity contribution in [3.63, 3.8) is 0 Å². The van der Waals surface area contributed by atoms with Gasteiger partial charge in [-0.15, -0.1) is 11.3 Å². The van der Waals surface area contributed by atoms with Gasteiger partial charge in [0.05, 0.1) is 23.4 Å². The topological polar surface area (TPSA) is 59.8 Å². The lowest BCUT2D eigenvalue weighted by molar-refractivity contribution is 0.532. The van der Waals surface area contributed by atoms with Gasteiger partial charge in [-0.3, -0.25) is 4.79 Å². The number of hydrogen-bond acceptors (Lipinski definition) is 5. The molecule has 0 bridgehead atoms. The Balaban J connectivity index is 1.73. The average Bonchev–Trinajstić information content (AvgIpc) is 3.15. The second kappa shape index (κ2) is 5.65. The highest BCUT2D eigenvalue weighted by Crippen LogP contribution is 2.30. The molecule has 1 aliphatic carbocycles. The maximum Gasteiger partial charge on any atom is 0.283 e. The first-order valence-electron chi connectivity index (χ1n) is 6.54. The number of aromatic nitrogens is 3. The fourth-order valence-corrected chi connectivity index (χ4v) is 3.11. The lowest BCUT2D eigenvalue weighted by Gasteiger charge is -2.09. The second-order valence-corrected chi connectivity index (χ2v) is 7.11. The third-order valence-corrected chi connectivity index (χ3v) is 4.91. The molecule has 5 nitrogen and oxygen atoms in total. The van der Waals surface area contributed by atoms with E-state index in [-0.39, 0.29) is 5.56 Å². The molecule has 0 spiro atoms. The Hall–Kier alpha value is -1.21. The van der Waals surface area contributed by atoms with E-state index in [1.807, 2.05) is 13.1 Å². The van der Waals surface area contributed by atoms with Gasteiger partial charge in [0.25, 0.3) is 5.56 Å². The lowest BCUT2D eigenvalue weighted by Crippen LogP contribution is -2.25. The van der Waals surface area contributed by atoms with Gasteiger partial charge < -0.3 is 5.32 Å². The van der Waals surface area contributed by atoms with Crippen molar-refractivity contribution in [3.05, 3.63) is 37.1 Å². The molecule has 1 fully saturated rings. The van der Waals surface area contributed by atoms with E-state index >= 15 is 0 Å². The van der Waals surface area contributed by atoms with Crippen LogP contribution >= 0.6 is 27.3 Å². The van der Waals surface area contributed by atoms with Crippen molar-refractivity contribution in [1.29, 1.82) is 0 Å². The Labute approximate surface area is 129 Å². The van der Waals surface area contributed by atoms with E-state index < -0.39 is 0 Å². The largest absolute Gasteiger partial charge is 0.378 e. The van der Waals surface area contributed by atoms with Crippen LogP contribution in [0.4, 0.5) is 5.69 Å². The number of nitrogens with zero attached hydrogens (tertiary/aromatic N) is 3. The number of hydrogen-bond donors (Lipinski definition) is 1. The number of rotatable bonds is 5. The maximum absolute atomic E-state index is 12.2. The zero-order valence-corrected chi connectivity index (χ0v) is 13.5. The molecule has 1 N–H and O–H groups in total. The zero-order chi connectivity index (χ0) is 14.1. The van der Waals surface area contributed by atoms with Crippen LogP contribution in [0.25, 0.3) is 0 Å². The van der Waals surface area contributed by atoms with E-state index in [4.69, 9.17) is 0 Å². The first-order valence-corrected chi connectivity index (χ1v) is 8.15. The van der Waals surface area contributed by atoms with E-state index in [0.29, 0.717) is 16.9 Å². The number of thiazole rings is 1. The molecule has 106 valence electrons. The Morgan fingerprint density at radius 1 is 1.50 bits per heavy atom. The zero-order valence-electron chi connectivity index (χ0n) is 11.1. The van der Waals surface area contributed by atoms with Gasteiger partial charge in [-0.1, -0.05) is 0 Å². The van der Waals surface area contributed by atoms with Gasteiger partial charge in [0.2, 0.25) is 0 Å². The molecular formula is C13H15BrN4OS. The molecule has 7 heteroatoms. The Kier molecular flexibility index (Phi) is 3.89. The van der Waals surface area contributed by atoms with Gasteiger partial charge in [-0.25, -0.2) is 9.67 Å². The summed E-state index contributed by atoms with van der Waals surface area (Å²) in [5.41, 5.74) is 0.662. The number of nitrogens with one attached hydrogen (secondary N) is 1. The number of aryl methyl sites for hydroxylation is 1. The van der Waals surface area contributed by atoms with Gasteiger partial charge in [0, 0.05) is 17.6 Å². The van der Waals surface area contributed by atoms with Gasteiger partial charge >= 0.3 is 0 Å². The van der Waals surface area contributed by atoms with E-state index in [0.717, 1.165) is 22.1 Å². The van der Waals surface area contributed by atoms with Crippen molar-refractivity contribution in [3.8, 4) is 0 Å². The molecule has 0 aliphatic heterocycles. The highest BCUT2D eigenvalue weighted by atomic mass is 79.9. The summed E-state index contributed by atoms with van der Waals surface area (Å²) >= 11 is 5.02. The monoisotopic (exact) mass is 354 g/mol. The first-order chi connectivity index (χ1) is 9.63. The van der Waals surface area contributed by atoms with Crippen molar-refractivity contribution in [1.82, 2.24) is 14.8 Å². The lowest BCUT2D eigenvalue weighted by atomic mass is 10.4.